The molecule has 0 spiro atoms. The monoisotopic (exact) mass is 1250 g/mol. The van der Waals surface area contributed by atoms with Gasteiger partial charge in [-0.3, -0.25) is 18.6 Å². The first-order valence-electron chi connectivity index (χ1n) is 33.8. The van der Waals surface area contributed by atoms with Gasteiger partial charge in [-0.2, -0.15) is 0 Å². The van der Waals surface area contributed by atoms with Crippen molar-refractivity contribution in [3.05, 3.63) is 243 Å². The highest BCUT2D eigenvalue weighted by atomic mass is 31.2. The standard InChI is InChI=1S/C80H120NO8P/c1-6-8-10-12-14-16-18-20-22-24-26-28-30-32-34-36-38-40-42-44-46-48-50-52-54-56-58-60-62-64-66-68-70-72-79(82)86-76-78(77-88-90(84,85)87-75-74-81(3,4)5)89-80(83)73-71-69-67-65-63-61-59-57-55-53-51-49-47-45-43-41-39-37-35-33-31-29-27-25-23-21-19-17-15-13-11-9-7-2/h8-11,14-17,20-23,26-29,32-35,38-41,44-47,50-53,56-59,62-65,78H,6-7,12-13,18-19,24-25,30-31,36-37,42-43,48-49,54-55,60-61,66-77H2,1-5H3/p+1/b10-8-,11-9-,16-14-,17-15-,22-20-,23-21-,28-26-,29-27-,34-32-,35-33-,40-38-,41-39-,46-44-,47-45-,52-50-,53-51-,58-56-,59-57-,64-62-,65-63-. The highest BCUT2D eigenvalue weighted by molar-refractivity contribution is 7.47. The lowest BCUT2D eigenvalue weighted by atomic mass is 10.1. The van der Waals surface area contributed by atoms with Crippen LogP contribution in [0, 0.1) is 0 Å². The zero-order valence-electron chi connectivity index (χ0n) is 56.5. The quantitative estimate of drug-likeness (QED) is 0.0211. The number of phosphoric acid groups is 1. The third kappa shape index (κ3) is 70.9. The minimum atomic E-state index is -4.44. The van der Waals surface area contributed by atoms with Gasteiger partial charge in [-0.15, -0.1) is 0 Å². The molecule has 0 aliphatic rings. The first kappa shape index (κ1) is 83.8. The van der Waals surface area contributed by atoms with Gasteiger partial charge in [0.15, 0.2) is 6.10 Å². The van der Waals surface area contributed by atoms with E-state index in [1.54, 1.807) is 0 Å². The lowest BCUT2D eigenvalue weighted by Gasteiger charge is -2.24. The van der Waals surface area contributed by atoms with Gasteiger partial charge in [-0.1, -0.05) is 257 Å². The molecule has 0 aliphatic heterocycles. The van der Waals surface area contributed by atoms with Crippen LogP contribution < -0.4 is 0 Å². The van der Waals surface area contributed by atoms with E-state index in [1.807, 2.05) is 21.1 Å². The minimum Gasteiger partial charge on any atom is -0.462 e. The van der Waals surface area contributed by atoms with Gasteiger partial charge in [-0.05, 0) is 167 Å². The summed E-state index contributed by atoms with van der Waals surface area (Å²) < 4.78 is 34.5. The molecule has 0 aromatic carbocycles. The van der Waals surface area contributed by atoms with Crippen LogP contribution in [0.3, 0.4) is 0 Å². The molecule has 0 heterocycles. The number of esters is 2. The number of unbranched alkanes of at least 4 members (excludes halogenated alkanes) is 4. The van der Waals surface area contributed by atoms with E-state index in [0.717, 1.165) is 154 Å². The van der Waals surface area contributed by atoms with Crippen molar-refractivity contribution in [3.8, 4) is 0 Å². The molecule has 0 saturated carbocycles. The number of carbonyl (C=O) groups excluding carboxylic acids is 2. The third-order valence-electron chi connectivity index (χ3n) is 12.9. The van der Waals surface area contributed by atoms with Crippen LogP contribution in [0.15, 0.2) is 243 Å². The van der Waals surface area contributed by atoms with E-state index in [9.17, 15) is 19.0 Å². The summed E-state index contributed by atoms with van der Waals surface area (Å²) >= 11 is 0. The minimum absolute atomic E-state index is 0.000317. The van der Waals surface area contributed by atoms with E-state index in [4.69, 9.17) is 18.5 Å². The molecule has 2 atom stereocenters. The van der Waals surface area contributed by atoms with Crippen molar-refractivity contribution in [3.63, 3.8) is 0 Å². The Labute approximate surface area is 549 Å². The fourth-order valence-electron chi connectivity index (χ4n) is 7.77. The number of hydrogen-bond donors (Lipinski definition) is 1. The Hall–Kier alpha value is -6.19. The average Bonchev–Trinajstić information content (AvgIpc) is 3.56. The van der Waals surface area contributed by atoms with Crippen molar-refractivity contribution in [2.75, 3.05) is 47.5 Å². The van der Waals surface area contributed by atoms with E-state index in [1.165, 1.54) is 0 Å². The number of allylic oxidation sites excluding steroid dienone is 40. The summed E-state index contributed by atoms with van der Waals surface area (Å²) in [6.07, 6.45) is 111. The number of phosphoric ester groups is 1. The van der Waals surface area contributed by atoms with Crippen LogP contribution in [0.4, 0.5) is 0 Å². The van der Waals surface area contributed by atoms with Crippen LogP contribution in [0.2, 0.25) is 0 Å². The zero-order valence-corrected chi connectivity index (χ0v) is 57.4. The molecule has 0 saturated heterocycles. The Morgan fingerprint density at radius 2 is 0.589 bits per heavy atom. The normalized spacial score (nSPS) is 14.7. The van der Waals surface area contributed by atoms with Gasteiger partial charge in [0.25, 0.3) is 0 Å². The molecule has 0 aromatic heterocycles. The second-order valence-corrected chi connectivity index (χ2v) is 23.8. The highest BCUT2D eigenvalue weighted by Gasteiger charge is 2.27. The zero-order chi connectivity index (χ0) is 65.5. The predicted octanol–water partition coefficient (Wildman–Crippen LogP) is 22.4. The van der Waals surface area contributed by atoms with E-state index < -0.39 is 32.5 Å². The number of nitrogens with zero attached hydrogens (tertiary/aromatic N) is 1. The number of hydrogen-bond acceptors (Lipinski definition) is 7. The van der Waals surface area contributed by atoms with Gasteiger partial charge in [0.1, 0.15) is 19.8 Å². The molecular formula is C80H121NO8P+. The first-order chi connectivity index (χ1) is 44.0. The summed E-state index contributed by atoms with van der Waals surface area (Å²) in [7, 11) is 1.38. The molecule has 10 heteroatoms. The maximum absolute atomic E-state index is 12.8. The lowest BCUT2D eigenvalue weighted by molar-refractivity contribution is -0.870. The lowest BCUT2D eigenvalue weighted by Crippen LogP contribution is -2.37. The Morgan fingerprint density at radius 3 is 0.844 bits per heavy atom. The number of likely N-dealkylation sites (N-methyl/N-ethyl adjacent to an activating group) is 1. The topological polar surface area (TPSA) is 108 Å². The van der Waals surface area contributed by atoms with Crippen molar-refractivity contribution in [1.82, 2.24) is 0 Å². The summed E-state index contributed by atoms with van der Waals surface area (Å²) in [4.78, 5) is 35.8. The third-order valence-corrected chi connectivity index (χ3v) is 13.9. The molecule has 0 bridgehead atoms. The predicted molar refractivity (Wildman–Crippen MR) is 389 cm³/mol. The highest BCUT2D eigenvalue weighted by Crippen LogP contribution is 2.43. The van der Waals surface area contributed by atoms with Crippen LogP contribution in [0.5, 0.6) is 0 Å². The Morgan fingerprint density at radius 1 is 0.344 bits per heavy atom. The Kier molecular flexibility index (Phi) is 62.6. The van der Waals surface area contributed by atoms with Crippen LogP contribution in [0.1, 0.15) is 194 Å². The van der Waals surface area contributed by atoms with E-state index in [0.29, 0.717) is 23.9 Å². The van der Waals surface area contributed by atoms with E-state index in [2.05, 4.69) is 257 Å². The van der Waals surface area contributed by atoms with Gasteiger partial charge in [-0.25, -0.2) is 4.57 Å². The van der Waals surface area contributed by atoms with Gasteiger partial charge in [0.2, 0.25) is 0 Å². The second-order valence-electron chi connectivity index (χ2n) is 22.4. The maximum Gasteiger partial charge on any atom is 0.472 e. The number of carbonyl (C=O) groups is 2. The van der Waals surface area contributed by atoms with E-state index in [-0.39, 0.29) is 26.1 Å². The molecule has 2 unspecified atom stereocenters. The van der Waals surface area contributed by atoms with E-state index >= 15 is 0 Å². The number of ether oxygens (including phenoxy) is 2. The van der Waals surface area contributed by atoms with Gasteiger partial charge in [0.05, 0.1) is 27.7 Å². The van der Waals surface area contributed by atoms with Gasteiger partial charge >= 0.3 is 19.8 Å². The summed E-state index contributed by atoms with van der Waals surface area (Å²) in [6, 6.07) is 0. The number of quaternary nitrogens is 1. The Balaban J connectivity index is 4.36. The fourth-order valence-corrected chi connectivity index (χ4v) is 8.52. The molecule has 1 N–H and O–H groups in total. The largest absolute Gasteiger partial charge is 0.472 e. The van der Waals surface area contributed by atoms with Crippen molar-refractivity contribution >= 4 is 19.8 Å². The van der Waals surface area contributed by atoms with Crippen LogP contribution in [0.25, 0.3) is 0 Å². The molecule has 498 valence electrons. The molecule has 0 radical (unpaired) electrons. The van der Waals surface area contributed by atoms with Crippen LogP contribution in [-0.4, -0.2) is 74.9 Å². The Bertz CT molecular complexity index is 2420. The first-order valence-corrected chi connectivity index (χ1v) is 35.3. The molecule has 90 heavy (non-hydrogen) atoms. The summed E-state index contributed by atoms with van der Waals surface area (Å²) in [5.74, 6) is -0.925. The second kappa shape index (κ2) is 67.2. The SMILES string of the molecule is CC/C=C\C/C=C\C/C=C\C/C=C\C/C=C\C/C=C\C/C=C\C/C=C\C/C=C\C/C=C\CCCCC(=O)OCC(COP(=O)(O)OCC[N+](C)(C)C)OC(=O)CCCC/C=C\C/C=C\C/C=C\C/C=C\C/C=C\C/C=C\C/C=C\C/C=C\C/C=C\C/C=C\CC. The molecule has 0 fully saturated rings. The van der Waals surface area contributed by atoms with Crippen molar-refractivity contribution in [1.29, 1.82) is 0 Å². The van der Waals surface area contributed by atoms with Crippen LogP contribution in [-0.2, 0) is 32.7 Å². The molecule has 0 aliphatic carbocycles. The van der Waals surface area contributed by atoms with Gasteiger partial charge < -0.3 is 18.9 Å². The van der Waals surface area contributed by atoms with Crippen molar-refractivity contribution in [2.45, 2.75) is 200 Å². The molecule has 0 amide bonds. The molecule has 0 rings (SSSR count). The maximum atomic E-state index is 12.8. The van der Waals surface area contributed by atoms with Crippen molar-refractivity contribution in [2.24, 2.45) is 0 Å². The van der Waals surface area contributed by atoms with Gasteiger partial charge in [0, 0.05) is 12.8 Å². The number of rotatable bonds is 58. The smallest absolute Gasteiger partial charge is 0.462 e. The molecule has 9 nitrogen and oxygen atoms in total. The summed E-state index contributed by atoms with van der Waals surface area (Å²) in [6.45, 7) is 4.05. The van der Waals surface area contributed by atoms with Crippen LogP contribution >= 0.6 is 7.82 Å². The summed E-state index contributed by atoms with van der Waals surface area (Å²) in [5.41, 5.74) is 0. The summed E-state index contributed by atoms with van der Waals surface area (Å²) in [5, 5.41) is 0. The molecule has 0 aromatic rings. The average molecular weight is 1260 g/mol. The fraction of sp³-hybridized carbons (Fsp3) is 0.475. The van der Waals surface area contributed by atoms with Crippen molar-refractivity contribution < 1.29 is 42.1 Å². The molecular weight excluding hydrogens is 1130 g/mol.